The van der Waals surface area contributed by atoms with Gasteiger partial charge in [0.25, 0.3) is 0 Å². The molecule has 0 aliphatic heterocycles. The zero-order chi connectivity index (χ0) is 13.9. The lowest BCUT2D eigenvalue weighted by molar-refractivity contribution is 0.254. The molecule has 1 aromatic carbocycles. The highest BCUT2D eigenvalue weighted by molar-refractivity contribution is 9.10. The normalized spacial score (nSPS) is 13.6. The zero-order valence-corrected chi connectivity index (χ0v) is 12.7. The van der Waals surface area contributed by atoms with E-state index in [0.717, 1.165) is 0 Å². The number of nitrogens with one attached hydrogen (secondary N) is 1. The van der Waals surface area contributed by atoms with Crippen LogP contribution in [0.15, 0.2) is 21.5 Å². The third-order valence-electron chi connectivity index (χ3n) is 2.69. The minimum absolute atomic E-state index is 0.126. The molecular weight excluding hydrogens is 320 g/mol. The molecule has 0 fully saturated rings. The van der Waals surface area contributed by atoms with E-state index in [2.05, 4.69) is 20.7 Å². The molecule has 5 nitrogen and oxygen atoms in total. The Bertz CT molecular complexity index is 527. The van der Waals surface area contributed by atoms with E-state index in [-0.39, 0.29) is 11.5 Å². The topological polar surface area (TPSA) is 92.4 Å². The highest BCUT2D eigenvalue weighted by atomic mass is 79.9. The highest BCUT2D eigenvalue weighted by Gasteiger charge is 2.22. The van der Waals surface area contributed by atoms with Crippen LogP contribution < -0.4 is 10.5 Å². The van der Waals surface area contributed by atoms with Crippen molar-refractivity contribution in [2.75, 3.05) is 12.3 Å². The molecule has 0 bridgehead atoms. The van der Waals surface area contributed by atoms with Gasteiger partial charge in [0.2, 0.25) is 10.0 Å². The first-order valence-corrected chi connectivity index (χ1v) is 7.78. The molecule has 1 aromatic rings. The summed E-state index contributed by atoms with van der Waals surface area (Å²) in [6.45, 7) is 3.21. The van der Waals surface area contributed by atoms with Crippen LogP contribution in [0.25, 0.3) is 0 Å². The molecule has 0 radical (unpaired) electrons. The first-order chi connectivity index (χ1) is 8.31. The van der Waals surface area contributed by atoms with Crippen molar-refractivity contribution in [3.8, 4) is 0 Å². The summed E-state index contributed by atoms with van der Waals surface area (Å²) in [5, 5.41) is 9.05. The molecule has 4 N–H and O–H groups in total. The van der Waals surface area contributed by atoms with E-state index in [1.807, 2.05) is 0 Å². The number of rotatable bonds is 5. The maximum absolute atomic E-state index is 12.2. The molecule has 0 heterocycles. The predicted octanol–water partition coefficient (Wildman–Crippen LogP) is 1.39. The van der Waals surface area contributed by atoms with Gasteiger partial charge in [-0.2, -0.15) is 0 Å². The van der Waals surface area contributed by atoms with Crippen LogP contribution >= 0.6 is 15.9 Å². The highest BCUT2D eigenvalue weighted by Crippen LogP contribution is 2.26. The van der Waals surface area contributed by atoms with Crippen molar-refractivity contribution in [3.05, 3.63) is 22.2 Å². The third-order valence-corrected chi connectivity index (χ3v) is 4.79. The van der Waals surface area contributed by atoms with Gasteiger partial charge < -0.3 is 10.8 Å². The fourth-order valence-corrected chi connectivity index (χ4v) is 3.72. The van der Waals surface area contributed by atoms with E-state index >= 15 is 0 Å². The summed E-state index contributed by atoms with van der Waals surface area (Å²) in [6.07, 6.45) is 0.512. The minimum atomic E-state index is -3.68. The van der Waals surface area contributed by atoms with Crippen molar-refractivity contribution < 1.29 is 13.5 Å². The van der Waals surface area contributed by atoms with Crippen molar-refractivity contribution in [2.45, 2.75) is 31.2 Å². The zero-order valence-electron chi connectivity index (χ0n) is 10.3. The molecule has 1 atom stereocenters. The number of aliphatic hydroxyl groups excluding tert-OH is 1. The van der Waals surface area contributed by atoms with Crippen LogP contribution in [-0.4, -0.2) is 26.2 Å². The summed E-state index contributed by atoms with van der Waals surface area (Å²) in [5.74, 6) is 0. The summed E-state index contributed by atoms with van der Waals surface area (Å²) in [5.41, 5.74) is 6.65. The second kappa shape index (κ2) is 6.01. The monoisotopic (exact) mass is 336 g/mol. The van der Waals surface area contributed by atoms with E-state index in [1.165, 1.54) is 6.07 Å². The molecule has 102 valence electrons. The number of hydrogen-bond acceptors (Lipinski definition) is 4. The van der Waals surface area contributed by atoms with E-state index in [4.69, 9.17) is 10.8 Å². The quantitative estimate of drug-likeness (QED) is 0.708. The average molecular weight is 337 g/mol. The number of aliphatic hydroxyl groups is 1. The summed E-state index contributed by atoms with van der Waals surface area (Å²) in [7, 11) is -3.68. The number of hydrogen-bond donors (Lipinski definition) is 3. The number of nitrogens with two attached hydrogens (primary N) is 1. The van der Waals surface area contributed by atoms with Gasteiger partial charge in [-0.05, 0) is 31.0 Å². The lowest BCUT2D eigenvalue weighted by Gasteiger charge is -2.16. The SMILES string of the molecule is CC[C@H](CO)NS(=O)(=O)c1cc(Br)cc(N)c1C. The molecule has 0 spiro atoms. The Hall–Kier alpha value is -0.630. The molecule has 0 saturated heterocycles. The fraction of sp³-hybridized carbons (Fsp3) is 0.455. The maximum atomic E-state index is 12.2. The predicted molar refractivity (Wildman–Crippen MR) is 74.8 cm³/mol. The molecule has 0 saturated carbocycles. The smallest absolute Gasteiger partial charge is 0.241 e. The first-order valence-electron chi connectivity index (χ1n) is 5.50. The number of halogens is 1. The van der Waals surface area contributed by atoms with Gasteiger partial charge in [0, 0.05) is 16.2 Å². The van der Waals surface area contributed by atoms with Gasteiger partial charge in [-0.3, -0.25) is 0 Å². The second-order valence-electron chi connectivity index (χ2n) is 4.03. The van der Waals surface area contributed by atoms with Crippen molar-refractivity contribution in [2.24, 2.45) is 0 Å². The number of anilines is 1. The molecule has 0 amide bonds. The number of benzene rings is 1. The van der Waals surface area contributed by atoms with E-state index in [9.17, 15) is 8.42 Å². The maximum Gasteiger partial charge on any atom is 0.241 e. The summed E-state index contributed by atoms with van der Waals surface area (Å²) >= 11 is 3.22. The van der Waals surface area contributed by atoms with Crippen LogP contribution in [0.1, 0.15) is 18.9 Å². The van der Waals surface area contributed by atoms with Crippen molar-refractivity contribution >= 4 is 31.6 Å². The molecule has 18 heavy (non-hydrogen) atoms. The molecular formula is C11H17BrN2O3S. The van der Waals surface area contributed by atoms with E-state index in [0.29, 0.717) is 22.1 Å². The van der Waals surface area contributed by atoms with Crippen LogP contribution in [-0.2, 0) is 10.0 Å². The van der Waals surface area contributed by atoms with Gasteiger partial charge in [0.05, 0.1) is 11.5 Å². The van der Waals surface area contributed by atoms with Gasteiger partial charge >= 0.3 is 0 Å². The van der Waals surface area contributed by atoms with Crippen molar-refractivity contribution in [1.82, 2.24) is 4.72 Å². The minimum Gasteiger partial charge on any atom is -0.398 e. The number of nitrogen functional groups attached to an aromatic ring is 1. The molecule has 1 rings (SSSR count). The standard InChI is InChI=1S/C11H17BrN2O3S/c1-3-9(6-15)14-18(16,17)11-5-8(12)4-10(13)7(11)2/h4-5,9,14-15H,3,6,13H2,1-2H3/t9-/m1/s1. The molecule has 0 aromatic heterocycles. The molecule has 0 unspecified atom stereocenters. The van der Waals surface area contributed by atoms with Gasteiger partial charge in [-0.25, -0.2) is 13.1 Å². The molecule has 0 aliphatic carbocycles. The van der Waals surface area contributed by atoms with Gasteiger partial charge in [0.15, 0.2) is 0 Å². The van der Waals surface area contributed by atoms with Gasteiger partial charge in [-0.15, -0.1) is 0 Å². The van der Waals surface area contributed by atoms with Crippen LogP contribution in [0.2, 0.25) is 0 Å². The first kappa shape index (κ1) is 15.4. The lowest BCUT2D eigenvalue weighted by Crippen LogP contribution is -2.37. The van der Waals surface area contributed by atoms with Crippen LogP contribution in [0, 0.1) is 6.92 Å². The Balaban J connectivity index is 3.20. The van der Waals surface area contributed by atoms with Crippen LogP contribution in [0.3, 0.4) is 0 Å². The average Bonchev–Trinajstić information content (AvgIpc) is 2.30. The third kappa shape index (κ3) is 3.44. The molecule has 7 heteroatoms. The Morgan fingerprint density at radius 2 is 2.11 bits per heavy atom. The Labute approximate surface area is 116 Å². The second-order valence-corrected chi connectivity index (χ2v) is 6.63. The number of sulfonamides is 1. The van der Waals surface area contributed by atoms with Crippen molar-refractivity contribution in [1.29, 1.82) is 0 Å². The summed E-state index contributed by atoms with van der Waals surface area (Å²) in [6, 6.07) is 2.66. The van der Waals surface area contributed by atoms with Gasteiger partial charge in [0.1, 0.15) is 0 Å². The lowest BCUT2D eigenvalue weighted by atomic mass is 10.2. The van der Waals surface area contributed by atoms with E-state index < -0.39 is 16.1 Å². The molecule has 0 aliphatic rings. The fourth-order valence-electron chi connectivity index (χ4n) is 1.49. The Morgan fingerprint density at radius 3 is 2.61 bits per heavy atom. The van der Waals surface area contributed by atoms with Gasteiger partial charge in [-0.1, -0.05) is 22.9 Å². The van der Waals surface area contributed by atoms with Crippen LogP contribution in [0.4, 0.5) is 5.69 Å². The van der Waals surface area contributed by atoms with Crippen molar-refractivity contribution in [3.63, 3.8) is 0 Å². The van der Waals surface area contributed by atoms with Crippen LogP contribution in [0.5, 0.6) is 0 Å². The van der Waals surface area contributed by atoms with E-state index in [1.54, 1.807) is 19.9 Å². The largest absolute Gasteiger partial charge is 0.398 e. The Morgan fingerprint density at radius 1 is 1.50 bits per heavy atom. The Kier molecular flexibility index (Phi) is 5.15. The summed E-state index contributed by atoms with van der Waals surface area (Å²) < 4.78 is 27.4. The summed E-state index contributed by atoms with van der Waals surface area (Å²) in [4.78, 5) is 0.126.